The Morgan fingerprint density at radius 2 is 2.19 bits per heavy atom. The van der Waals surface area contributed by atoms with Crippen LogP contribution in [0.1, 0.15) is 43.8 Å². The van der Waals surface area contributed by atoms with Crippen molar-refractivity contribution < 1.29 is 4.74 Å². The van der Waals surface area contributed by atoms with Gasteiger partial charge in [-0.05, 0) is 12.8 Å². The lowest BCUT2D eigenvalue weighted by Gasteiger charge is -2.33. The van der Waals surface area contributed by atoms with Crippen LogP contribution in [0.2, 0.25) is 0 Å². The zero-order valence-corrected chi connectivity index (χ0v) is 9.49. The van der Waals surface area contributed by atoms with Crippen LogP contribution in [0.5, 0.6) is 0 Å². The van der Waals surface area contributed by atoms with Gasteiger partial charge >= 0.3 is 0 Å². The number of hydrogen-bond acceptors (Lipinski definition) is 4. The monoisotopic (exact) mass is 220 g/mol. The molecule has 1 heterocycles. The van der Waals surface area contributed by atoms with Gasteiger partial charge in [-0.2, -0.15) is 10.4 Å². The molecule has 0 atom stereocenters. The second kappa shape index (κ2) is 4.62. The molecule has 0 unspecified atom stereocenters. The summed E-state index contributed by atoms with van der Waals surface area (Å²) in [5.41, 5.74) is -0.331. The molecule has 0 aliphatic heterocycles. The molecule has 16 heavy (non-hydrogen) atoms. The van der Waals surface area contributed by atoms with E-state index in [1.165, 1.54) is 6.42 Å². The molecule has 1 saturated carbocycles. The van der Waals surface area contributed by atoms with Gasteiger partial charge < -0.3 is 4.74 Å². The van der Waals surface area contributed by atoms with Crippen LogP contribution < -0.4 is 0 Å². The van der Waals surface area contributed by atoms with E-state index in [-0.39, 0.29) is 12.0 Å². The fraction of sp³-hybridized carbons (Fsp3) is 0.727. The molecular weight excluding hydrogens is 204 g/mol. The van der Waals surface area contributed by atoms with Crippen LogP contribution in [-0.4, -0.2) is 22.3 Å². The van der Waals surface area contributed by atoms with E-state index in [1.807, 2.05) is 0 Å². The topological polar surface area (TPSA) is 74.6 Å². The Bertz CT molecular complexity index is 387. The van der Waals surface area contributed by atoms with Crippen molar-refractivity contribution in [2.75, 3.05) is 7.11 Å². The van der Waals surface area contributed by atoms with Crippen LogP contribution in [0.3, 0.4) is 0 Å². The van der Waals surface area contributed by atoms with E-state index >= 15 is 0 Å². The van der Waals surface area contributed by atoms with Crippen LogP contribution >= 0.6 is 0 Å². The number of H-pyrrole nitrogens is 1. The van der Waals surface area contributed by atoms with Gasteiger partial charge in [0, 0.05) is 7.11 Å². The number of hydrogen-bond donors (Lipinski definition) is 1. The summed E-state index contributed by atoms with van der Waals surface area (Å²) in [6.07, 6.45) is 5.75. The van der Waals surface area contributed by atoms with Gasteiger partial charge in [-0.25, -0.2) is 4.98 Å². The van der Waals surface area contributed by atoms with Crippen molar-refractivity contribution in [2.24, 2.45) is 0 Å². The Balaban J connectivity index is 2.22. The van der Waals surface area contributed by atoms with Crippen LogP contribution in [0.15, 0.2) is 0 Å². The van der Waals surface area contributed by atoms with E-state index in [9.17, 15) is 0 Å². The molecule has 1 fully saturated rings. The molecule has 0 spiro atoms. The molecule has 2 rings (SSSR count). The highest BCUT2D eigenvalue weighted by Gasteiger charge is 2.37. The summed E-state index contributed by atoms with van der Waals surface area (Å²) in [5, 5.41) is 15.6. The molecular formula is C11H16N4O. The Morgan fingerprint density at radius 1 is 1.44 bits per heavy atom. The van der Waals surface area contributed by atoms with Crippen LogP contribution in [0.25, 0.3) is 0 Å². The lowest BCUT2D eigenvalue weighted by atomic mass is 9.84. The lowest BCUT2D eigenvalue weighted by Crippen LogP contribution is -2.32. The molecule has 0 amide bonds. The van der Waals surface area contributed by atoms with Gasteiger partial charge in [-0.15, -0.1) is 0 Å². The van der Waals surface area contributed by atoms with E-state index in [4.69, 9.17) is 10.00 Å². The summed E-state index contributed by atoms with van der Waals surface area (Å²) in [6, 6.07) is 2.06. The van der Waals surface area contributed by atoms with E-state index in [0.717, 1.165) is 25.7 Å². The van der Waals surface area contributed by atoms with Crippen molar-refractivity contribution in [1.29, 1.82) is 5.26 Å². The summed E-state index contributed by atoms with van der Waals surface area (Å²) >= 11 is 0. The summed E-state index contributed by atoms with van der Waals surface area (Å²) in [7, 11) is 1.71. The maximum Gasteiger partial charge on any atom is 0.182 e. The number of methoxy groups -OCH3 is 1. The number of nitrogens with one attached hydrogen (secondary N) is 1. The van der Waals surface area contributed by atoms with Gasteiger partial charge in [-0.1, -0.05) is 19.3 Å². The van der Waals surface area contributed by atoms with Gasteiger partial charge in [0.15, 0.2) is 5.82 Å². The molecule has 0 saturated heterocycles. The lowest BCUT2D eigenvalue weighted by molar-refractivity contribution is -0.0512. The maximum absolute atomic E-state index is 8.59. The first kappa shape index (κ1) is 11.1. The van der Waals surface area contributed by atoms with Crippen molar-refractivity contribution in [3.05, 3.63) is 11.6 Å². The largest absolute Gasteiger partial charge is 0.370 e. The number of nitriles is 1. The Hall–Kier alpha value is -1.41. The average Bonchev–Trinajstić information content (AvgIpc) is 2.80. The Kier molecular flexibility index (Phi) is 3.20. The third-order valence-electron chi connectivity index (χ3n) is 3.24. The average molecular weight is 220 g/mol. The van der Waals surface area contributed by atoms with Crippen molar-refractivity contribution in [2.45, 2.75) is 44.1 Å². The van der Waals surface area contributed by atoms with Gasteiger partial charge in [0.2, 0.25) is 0 Å². The number of aromatic amines is 1. The summed E-state index contributed by atoms with van der Waals surface area (Å²) in [5.74, 6) is 1.33. The first-order chi connectivity index (χ1) is 7.80. The molecule has 1 aliphatic rings. The quantitative estimate of drug-likeness (QED) is 0.840. The first-order valence-electron chi connectivity index (χ1n) is 5.64. The highest BCUT2D eigenvalue weighted by Crippen LogP contribution is 2.38. The Labute approximate surface area is 94.8 Å². The van der Waals surface area contributed by atoms with Crippen LogP contribution in [0.4, 0.5) is 0 Å². The zero-order valence-electron chi connectivity index (χ0n) is 9.49. The van der Waals surface area contributed by atoms with Gasteiger partial charge in [0.1, 0.15) is 11.4 Å². The maximum atomic E-state index is 8.59. The van der Waals surface area contributed by atoms with E-state index in [0.29, 0.717) is 11.6 Å². The molecule has 0 bridgehead atoms. The summed E-state index contributed by atoms with van der Waals surface area (Å²) in [4.78, 5) is 4.35. The fourth-order valence-electron chi connectivity index (χ4n) is 2.29. The molecule has 1 aromatic heterocycles. The normalized spacial score (nSPS) is 19.2. The van der Waals surface area contributed by atoms with E-state index < -0.39 is 0 Å². The minimum Gasteiger partial charge on any atom is -0.370 e. The molecule has 1 N–H and O–H groups in total. The molecule has 0 radical (unpaired) electrons. The summed E-state index contributed by atoms with van der Waals surface area (Å²) < 4.78 is 5.63. The Morgan fingerprint density at radius 3 is 2.81 bits per heavy atom. The second-order valence-corrected chi connectivity index (χ2v) is 4.20. The number of ether oxygens (including phenoxy) is 1. The van der Waals surface area contributed by atoms with Gasteiger partial charge in [0.25, 0.3) is 0 Å². The molecule has 86 valence electrons. The first-order valence-corrected chi connectivity index (χ1v) is 5.64. The highest BCUT2D eigenvalue weighted by molar-refractivity contribution is 5.06. The van der Waals surface area contributed by atoms with E-state index in [2.05, 4.69) is 21.3 Å². The van der Waals surface area contributed by atoms with Crippen molar-refractivity contribution in [3.8, 4) is 6.07 Å². The standard InChI is InChI=1S/C11H16N4O/c1-16-11(6-3-2-4-7-11)10-13-9(5-8-12)14-15-10/h2-7H2,1H3,(H,13,14,15). The molecule has 5 heteroatoms. The smallest absolute Gasteiger partial charge is 0.182 e. The predicted octanol–water partition coefficient (Wildman–Crippen LogP) is 1.68. The highest BCUT2D eigenvalue weighted by atomic mass is 16.5. The van der Waals surface area contributed by atoms with Gasteiger partial charge in [-0.3, -0.25) is 5.10 Å². The zero-order chi connectivity index (χ0) is 11.4. The minimum atomic E-state index is -0.331. The molecule has 1 aliphatic carbocycles. The van der Waals surface area contributed by atoms with E-state index in [1.54, 1.807) is 7.11 Å². The van der Waals surface area contributed by atoms with Crippen LogP contribution in [-0.2, 0) is 16.8 Å². The van der Waals surface area contributed by atoms with Crippen molar-refractivity contribution in [3.63, 3.8) is 0 Å². The minimum absolute atomic E-state index is 0.271. The SMILES string of the molecule is COC1(c2n[nH]c(CC#N)n2)CCCCC1. The predicted molar refractivity (Wildman–Crippen MR) is 57.5 cm³/mol. The fourth-order valence-corrected chi connectivity index (χ4v) is 2.29. The second-order valence-electron chi connectivity index (χ2n) is 4.20. The molecule has 0 aromatic carbocycles. The third kappa shape index (κ3) is 1.93. The van der Waals surface area contributed by atoms with Gasteiger partial charge in [0.05, 0.1) is 12.5 Å². The number of nitrogens with zero attached hydrogens (tertiary/aromatic N) is 3. The third-order valence-corrected chi connectivity index (χ3v) is 3.24. The molecule has 1 aromatic rings. The van der Waals surface area contributed by atoms with Crippen LogP contribution in [0, 0.1) is 11.3 Å². The summed E-state index contributed by atoms with van der Waals surface area (Å²) in [6.45, 7) is 0. The number of aromatic nitrogens is 3. The molecule has 5 nitrogen and oxygen atoms in total. The van der Waals surface area contributed by atoms with Crippen molar-refractivity contribution in [1.82, 2.24) is 15.2 Å². The van der Waals surface area contributed by atoms with Crippen molar-refractivity contribution >= 4 is 0 Å². The number of rotatable bonds is 3.